The van der Waals surface area contributed by atoms with E-state index in [0.717, 1.165) is 0 Å². The van der Waals surface area contributed by atoms with Crippen LogP contribution in [0.1, 0.15) is 47.0 Å². The molecule has 0 saturated heterocycles. The fourth-order valence-corrected chi connectivity index (χ4v) is 10.0. The second-order valence-corrected chi connectivity index (χ2v) is 12.6. The second kappa shape index (κ2) is 7.45. The highest BCUT2D eigenvalue weighted by Gasteiger charge is 2.76. The zero-order valence-electron chi connectivity index (χ0n) is 19.8. The molecule has 0 heterocycles. The first kappa shape index (κ1) is 24.1. The lowest BCUT2D eigenvalue weighted by Crippen LogP contribution is -2.74. The van der Waals surface area contributed by atoms with Crippen molar-refractivity contribution in [3.63, 3.8) is 0 Å². The number of fused-ring (bicyclic) bond motifs is 7. The lowest BCUT2D eigenvalue weighted by atomic mass is 9.41. The van der Waals surface area contributed by atoms with Crippen LogP contribution >= 0.6 is 0 Å². The summed E-state index contributed by atoms with van der Waals surface area (Å²) < 4.78 is 0. The number of carbonyl (C=O) groups is 1. The van der Waals surface area contributed by atoms with E-state index < -0.39 is 89.1 Å². The first-order chi connectivity index (χ1) is 15.3. The minimum atomic E-state index is -1.30. The van der Waals surface area contributed by atoms with Crippen LogP contribution in [0.2, 0.25) is 0 Å². The Morgan fingerprint density at radius 1 is 0.727 bits per heavy atom. The van der Waals surface area contributed by atoms with Crippen molar-refractivity contribution in [1.29, 1.82) is 0 Å². The van der Waals surface area contributed by atoms with Gasteiger partial charge in [-0.25, -0.2) is 0 Å². The third-order valence-corrected chi connectivity index (χ3v) is 11.4. The fraction of sp³-hybridized carbons (Fsp3) is 0.960. The Hall–Kier alpha value is -0.610. The van der Waals surface area contributed by atoms with Gasteiger partial charge >= 0.3 is 0 Å². The van der Waals surface area contributed by atoms with Crippen LogP contribution in [0.4, 0.5) is 0 Å². The highest BCUT2D eigenvalue weighted by Crippen LogP contribution is 2.70. The summed E-state index contributed by atoms with van der Waals surface area (Å²) in [5.41, 5.74) is -2.03. The quantitative estimate of drug-likeness (QED) is 0.246. The van der Waals surface area contributed by atoms with Gasteiger partial charge < -0.3 is 35.7 Å². The summed E-state index contributed by atoms with van der Waals surface area (Å²) in [5, 5.41) is 78.9. The van der Waals surface area contributed by atoms with E-state index in [1.54, 1.807) is 6.92 Å². The molecule has 0 spiro atoms. The number of aliphatic hydroxyl groups excluding tert-OH is 7. The molecule has 0 radical (unpaired) electrons. The molecule has 5 aliphatic rings. The first-order valence-corrected chi connectivity index (χ1v) is 12.6. The van der Waals surface area contributed by atoms with Crippen LogP contribution in [0.25, 0.3) is 0 Å². The molecule has 0 aromatic carbocycles. The van der Waals surface area contributed by atoms with E-state index in [1.807, 2.05) is 20.8 Å². The summed E-state index contributed by atoms with van der Waals surface area (Å²) in [4.78, 5) is 12.7. The van der Waals surface area contributed by atoms with Crippen molar-refractivity contribution in [2.45, 2.75) is 89.7 Å². The largest absolute Gasteiger partial charge is 0.393 e. The van der Waals surface area contributed by atoms with Gasteiger partial charge in [0.05, 0.1) is 42.7 Å². The highest BCUT2D eigenvalue weighted by molar-refractivity contribution is 5.82. The minimum Gasteiger partial charge on any atom is -0.393 e. The SMILES string of the molecule is C[C@@H]1CC(=O)[C@@H](C)[C@@H]2[C@H](O)[C@H]3[C@@H]4[C@@H](O)[C@@H](O)[C@H]5C[C@H](O)C[C@H](O)[C@]5(C)[C@H]4[C@H](O)[C@H](O)[C@]3(C)[C@H]21. The minimum absolute atomic E-state index is 0.0737. The van der Waals surface area contributed by atoms with E-state index in [2.05, 4.69) is 0 Å². The van der Waals surface area contributed by atoms with Crippen LogP contribution in [0.15, 0.2) is 0 Å². The molecule has 7 N–H and O–H groups in total. The number of ketones is 1. The normalized spacial score (nSPS) is 65.1. The average Bonchev–Trinajstić information content (AvgIpc) is 2.98. The molecule has 0 unspecified atom stereocenters. The van der Waals surface area contributed by atoms with Crippen molar-refractivity contribution in [2.75, 3.05) is 0 Å². The summed E-state index contributed by atoms with van der Waals surface area (Å²) in [6.07, 6.45) is -7.34. The maximum absolute atomic E-state index is 12.7. The van der Waals surface area contributed by atoms with Gasteiger partial charge in [0.25, 0.3) is 0 Å². The van der Waals surface area contributed by atoms with Gasteiger partial charge in [-0.3, -0.25) is 4.79 Å². The van der Waals surface area contributed by atoms with Gasteiger partial charge in [0.2, 0.25) is 0 Å². The molecule has 5 fully saturated rings. The molecule has 5 aliphatic carbocycles. The van der Waals surface area contributed by atoms with Gasteiger partial charge in [-0.1, -0.05) is 27.7 Å². The Balaban J connectivity index is 1.67. The van der Waals surface area contributed by atoms with E-state index >= 15 is 0 Å². The molecule has 17 atom stereocenters. The number of rotatable bonds is 0. The van der Waals surface area contributed by atoms with E-state index in [0.29, 0.717) is 6.42 Å². The zero-order chi connectivity index (χ0) is 24.4. The van der Waals surface area contributed by atoms with Gasteiger partial charge in [0.1, 0.15) is 5.78 Å². The number of Topliss-reactive ketones (excluding diaryl/α,β-unsaturated/α-hetero) is 1. The summed E-state index contributed by atoms with van der Waals surface area (Å²) in [5.74, 6) is -3.97. The predicted octanol–water partition coefficient (Wildman–Crippen LogP) is -0.698. The third kappa shape index (κ3) is 2.74. The van der Waals surface area contributed by atoms with Crippen LogP contribution < -0.4 is 0 Å². The molecule has 33 heavy (non-hydrogen) atoms. The fourth-order valence-electron chi connectivity index (χ4n) is 10.0. The zero-order valence-corrected chi connectivity index (χ0v) is 19.8. The molecule has 8 heteroatoms. The Morgan fingerprint density at radius 3 is 1.97 bits per heavy atom. The molecule has 5 rings (SSSR count). The smallest absolute Gasteiger partial charge is 0.136 e. The Kier molecular flexibility index (Phi) is 5.44. The third-order valence-electron chi connectivity index (χ3n) is 11.4. The van der Waals surface area contributed by atoms with Crippen LogP contribution in [-0.2, 0) is 4.79 Å². The topological polar surface area (TPSA) is 159 Å². The van der Waals surface area contributed by atoms with Crippen molar-refractivity contribution in [2.24, 2.45) is 58.2 Å². The summed E-state index contributed by atoms with van der Waals surface area (Å²) in [6.45, 7) is 7.38. The van der Waals surface area contributed by atoms with Crippen LogP contribution in [-0.4, -0.2) is 84.3 Å². The summed E-state index contributed by atoms with van der Waals surface area (Å²) in [6, 6.07) is 0. The van der Waals surface area contributed by atoms with E-state index in [-0.39, 0.29) is 30.5 Å². The molecule has 0 aliphatic heterocycles. The molecular formula is C25H40O8. The molecule has 0 aromatic heterocycles. The molecular weight excluding hydrogens is 428 g/mol. The number of carbonyl (C=O) groups excluding carboxylic acids is 1. The molecule has 8 nitrogen and oxygen atoms in total. The van der Waals surface area contributed by atoms with Gasteiger partial charge in [0.15, 0.2) is 0 Å². The van der Waals surface area contributed by atoms with E-state index in [9.17, 15) is 40.5 Å². The first-order valence-electron chi connectivity index (χ1n) is 12.6. The van der Waals surface area contributed by atoms with Gasteiger partial charge in [0, 0.05) is 29.1 Å². The van der Waals surface area contributed by atoms with E-state index in [1.165, 1.54) is 0 Å². The number of hydrogen-bond acceptors (Lipinski definition) is 8. The van der Waals surface area contributed by atoms with Gasteiger partial charge in [-0.15, -0.1) is 0 Å². The predicted molar refractivity (Wildman–Crippen MR) is 116 cm³/mol. The van der Waals surface area contributed by atoms with Gasteiger partial charge in [-0.2, -0.15) is 0 Å². The second-order valence-electron chi connectivity index (χ2n) is 12.6. The molecule has 0 aromatic rings. The maximum atomic E-state index is 12.7. The van der Waals surface area contributed by atoms with Crippen LogP contribution in [0.3, 0.4) is 0 Å². The molecule has 188 valence electrons. The monoisotopic (exact) mass is 468 g/mol. The molecule has 0 amide bonds. The molecule has 5 saturated carbocycles. The maximum Gasteiger partial charge on any atom is 0.136 e. The Morgan fingerprint density at radius 2 is 1.33 bits per heavy atom. The number of hydrogen-bond donors (Lipinski definition) is 7. The van der Waals surface area contributed by atoms with E-state index in [4.69, 9.17) is 0 Å². The molecule has 0 bridgehead atoms. The Bertz CT molecular complexity index is 820. The highest BCUT2D eigenvalue weighted by atomic mass is 16.3. The van der Waals surface area contributed by atoms with Crippen molar-refractivity contribution in [1.82, 2.24) is 0 Å². The van der Waals surface area contributed by atoms with Crippen molar-refractivity contribution in [3.05, 3.63) is 0 Å². The Labute approximate surface area is 194 Å². The van der Waals surface area contributed by atoms with Crippen LogP contribution in [0.5, 0.6) is 0 Å². The summed E-state index contributed by atoms with van der Waals surface area (Å²) >= 11 is 0. The van der Waals surface area contributed by atoms with Crippen molar-refractivity contribution in [3.8, 4) is 0 Å². The average molecular weight is 469 g/mol. The van der Waals surface area contributed by atoms with Gasteiger partial charge in [-0.05, 0) is 48.3 Å². The lowest BCUT2D eigenvalue weighted by Gasteiger charge is -2.67. The van der Waals surface area contributed by atoms with Crippen molar-refractivity contribution >= 4 is 5.78 Å². The van der Waals surface area contributed by atoms with Crippen LogP contribution in [0, 0.1) is 58.2 Å². The lowest BCUT2D eigenvalue weighted by molar-refractivity contribution is -0.301. The summed E-state index contributed by atoms with van der Waals surface area (Å²) in [7, 11) is 0. The number of aliphatic hydroxyl groups is 7. The standard InChI is InChI=1S/C25H40O8/c1-8-5-12(27)9(2)14-16(8)25(4)17(20(14)30)15-18(22(32)23(25)33)24(3)11(19(29)21(15)31)6-10(26)7-13(24)28/h8-11,13-23,26,28-33H,5-7H2,1-4H3/t8-,9-,10+,11-,13+,14+,15+,16+,17-,18-,19+,20+,21-,22+,23+,24-,25-/m1/s1. The van der Waals surface area contributed by atoms with Crippen molar-refractivity contribution < 1.29 is 40.5 Å².